The number of ether oxygens (including phenoxy) is 1. The molecule has 0 saturated carbocycles. The van der Waals surface area contributed by atoms with Crippen LogP contribution in [0, 0.1) is 6.92 Å². The van der Waals surface area contributed by atoms with Gasteiger partial charge < -0.3 is 4.74 Å². The second-order valence-electron chi connectivity index (χ2n) is 5.10. The van der Waals surface area contributed by atoms with E-state index >= 15 is 0 Å². The Labute approximate surface area is 140 Å². The number of benzene rings is 2. The highest BCUT2D eigenvalue weighted by molar-refractivity contribution is 7.89. The number of carbonyl (C=O) groups is 2. The molecule has 0 saturated heterocycles. The van der Waals surface area contributed by atoms with Gasteiger partial charge in [-0.1, -0.05) is 35.9 Å². The first-order chi connectivity index (χ1) is 11.3. The monoisotopic (exact) mass is 347 g/mol. The number of ketones is 1. The molecule has 0 aromatic heterocycles. The van der Waals surface area contributed by atoms with E-state index in [4.69, 9.17) is 4.74 Å². The Morgan fingerprint density at radius 2 is 1.71 bits per heavy atom. The molecule has 0 aliphatic heterocycles. The quantitative estimate of drug-likeness (QED) is 0.637. The summed E-state index contributed by atoms with van der Waals surface area (Å²) in [5.74, 6) is -1.09. The maximum absolute atomic E-state index is 12.0. The molecule has 0 bridgehead atoms. The molecule has 7 heteroatoms. The minimum atomic E-state index is -3.66. The lowest BCUT2D eigenvalue weighted by Gasteiger charge is -2.07. The second-order valence-corrected chi connectivity index (χ2v) is 6.99. The predicted octanol–water partition coefficient (Wildman–Crippen LogP) is 1.94. The molecule has 126 valence electrons. The number of hydrogen-bond donors (Lipinski definition) is 1. The fraction of sp³-hybridized carbons (Fsp3) is 0.176. The number of carbonyl (C=O) groups excluding carboxylic acids is 2. The zero-order valence-electron chi connectivity index (χ0n) is 13.3. The van der Waals surface area contributed by atoms with Crippen molar-refractivity contribution in [3.63, 3.8) is 0 Å². The Kier molecular flexibility index (Phi) is 5.48. The van der Waals surface area contributed by atoms with Crippen molar-refractivity contribution in [1.82, 2.24) is 4.72 Å². The summed E-state index contributed by atoms with van der Waals surface area (Å²) in [4.78, 5) is 23.9. The van der Waals surface area contributed by atoms with Crippen LogP contribution in [0.15, 0.2) is 53.4 Å². The molecule has 0 aliphatic carbocycles. The number of sulfonamides is 1. The Bertz CT molecular complexity index is 857. The largest absolute Gasteiger partial charge is 0.454 e. The molecule has 2 aromatic rings. The van der Waals surface area contributed by atoms with E-state index in [1.807, 2.05) is 6.92 Å². The van der Waals surface area contributed by atoms with Crippen molar-refractivity contribution >= 4 is 21.8 Å². The summed E-state index contributed by atoms with van der Waals surface area (Å²) < 4.78 is 30.6. The third-order valence-electron chi connectivity index (χ3n) is 3.36. The number of aryl methyl sites for hydroxylation is 1. The Morgan fingerprint density at radius 1 is 1.04 bits per heavy atom. The summed E-state index contributed by atoms with van der Waals surface area (Å²) >= 11 is 0. The Hall–Kier alpha value is -2.51. The number of rotatable bonds is 6. The average molecular weight is 347 g/mol. The molecule has 0 spiro atoms. The van der Waals surface area contributed by atoms with Crippen molar-refractivity contribution in [2.24, 2.45) is 0 Å². The van der Waals surface area contributed by atoms with E-state index in [-0.39, 0.29) is 16.2 Å². The molecule has 0 fully saturated rings. The lowest BCUT2D eigenvalue weighted by Crippen LogP contribution is -2.19. The third kappa shape index (κ3) is 4.27. The van der Waals surface area contributed by atoms with Crippen molar-refractivity contribution in [3.8, 4) is 0 Å². The van der Waals surface area contributed by atoms with Crippen LogP contribution in [-0.4, -0.2) is 33.8 Å². The van der Waals surface area contributed by atoms with Crippen molar-refractivity contribution in [3.05, 3.63) is 65.2 Å². The van der Waals surface area contributed by atoms with E-state index in [1.54, 1.807) is 24.3 Å². The van der Waals surface area contributed by atoms with Crippen LogP contribution in [0.2, 0.25) is 0 Å². The van der Waals surface area contributed by atoms with E-state index < -0.39 is 22.6 Å². The van der Waals surface area contributed by atoms with Crippen LogP contribution in [0.4, 0.5) is 0 Å². The second kappa shape index (κ2) is 7.37. The molecular formula is C17H17NO5S. The molecule has 0 atom stereocenters. The van der Waals surface area contributed by atoms with Crippen LogP contribution in [0.1, 0.15) is 26.3 Å². The number of hydrogen-bond acceptors (Lipinski definition) is 5. The maximum atomic E-state index is 12.0. The fourth-order valence-corrected chi connectivity index (χ4v) is 2.72. The van der Waals surface area contributed by atoms with Gasteiger partial charge in [0, 0.05) is 5.56 Å². The van der Waals surface area contributed by atoms with Crippen LogP contribution in [-0.2, 0) is 14.8 Å². The summed E-state index contributed by atoms with van der Waals surface area (Å²) in [7, 11) is -2.38. The topological polar surface area (TPSA) is 89.5 Å². The molecular weight excluding hydrogens is 330 g/mol. The summed E-state index contributed by atoms with van der Waals surface area (Å²) in [6.07, 6.45) is 0. The van der Waals surface area contributed by atoms with Crippen LogP contribution in [0.25, 0.3) is 0 Å². The summed E-state index contributed by atoms with van der Waals surface area (Å²) in [5.41, 5.74) is 1.52. The van der Waals surface area contributed by atoms with Gasteiger partial charge in [-0.25, -0.2) is 17.9 Å². The van der Waals surface area contributed by atoms with Gasteiger partial charge >= 0.3 is 5.97 Å². The zero-order chi connectivity index (χ0) is 17.7. The Balaban J connectivity index is 2.06. The van der Waals surface area contributed by atoms with Gasteiger partial charge in [-0.3, -0.25) is 4.79 Å². The minimum Gasteiger partial charge on any atom is -0.454 e. The first kappa shape index (κ1) is 17.8. The lowest BCUT2D eigenvalue weighted by atomic mass is 10.1. The highest BCUT2D eigenvalue weighted by Crippen LogP contribution is 2.12. The van der Waals surface area contributed by atoms with Gasteiger partial charge in [0.15, 0.2) is 12.4 Å². The average Bonchev–Trinajstić information content (AvgIpc) is 2.60. The van der Waals surface area contributed by atoms with E-state index in [2.05, 4.69) is 4.72 Å². The van der Waals surface area contributed by atoms with Crippen molar-refractivity contribution in [1.29, 1.82) is 0 Å². The molecule has 0 radical (unpaired) electrons. The predicted molar refractivity (Wildman–Crippen MR) is 88.5 cm³/mol. The van der Waals surface area contributed by atoms with Gasteiger partial charge in [-0.05, 0) is 32.2 Å². The van der Waals surface area contributed by atoms with Crippen LogP contribution in [0.5, 0.6) is 0 Å². The Morgan fingerprint density at radius 3 is 2.33 bits per heavy atom. The van der Waals surface area contributed by atoms with Gasteiger partial charge in [0.05, 0.1) is 10.5 Å². The molecule has 1 N–H and O–H groups in total. The van der Waals surface area contributed by atoms with Gasteiger partial charge in [-0.2, -0.15) is 0 Å². The molecule has 6 nitrogen and oxygen atoms in total. The van der Waals surface area contributed by atoms with Gasteiger partial charge in [0.25, 0.3) is 0 Å². The zero-order valence-corrected chi connectivity index (χ0v) is 14.1. The number of nitrogens with one attached hydrogen (secondary N) is 1. The van der Waals surface area contributed by atoms with E-state index in [0.717, 1.165) is 5.56 Å². The standard InChI is InChI=1S/C17H17NO5S/c1-12-6-8-13(9-7-12)16(19)11-23-17(20)14-4-3-5-15(10-14)24(21,22)18-2/h3-10,18H,11H2,1-2H3. The van der Waals surface area contributed by atoms with Gasteiger partial charge in [-0.15, -0.1) is 0 Å². The summed E-state index contributed by atoms with van der Waals surface area (Å²) in [6, 6.07) is 12.3. The molecule has 2 aromatic carbocycles. The molecule has 0 amide bonds. The van der Waals surface area contributed by atoms with Crippen LogP contribution >= 0.6 is 0 Å². The number of Topliss-reactive ketones (excluding diaryl/α,β-unsaturated/α-hetero) is 1. The van der Waals surface area contributed by atoms with Crippen molar-refractivity contribution in [2.45, 2.75) is 11.8 Å². The SMILES string of the molecule is CNS(=O)(=O)c1cccc(C(=O)OCC(=O)c2ccc(C)cc2)c1. The van der Waals surface area contributed by atoms with Gasteiger partial charge in [0.2, 0.25) is 10.0 Å². The van der Waals surface area contributed by atoms with Crippen molar-refractivity contribution < 1.29 is 22.7 Å². The molecule has 24 heavy (non-hydrogen) atoms. The summed E-state index contributed by atoms with van der Waals surface area (Å²) in [6.45, 7) is 1.49. The number of esters is 1. The van der Waals surface area contributed by atoms with Crippen LogP contribution < -0.4 is 4.72 Å². The molecule has 0 aliphatic rings. The molecule has 2 rings (SSSR count). The van der Waals surface area contributed by atoms with E-state index in [1.165, 1.54) is 31.3 Å². The minimum absolute atomic E-state index is 0.0516. The molecule has 0 unspecified atom stereocenters. The third-order valence-corrected chi connectivity index (χ3v) is 4.77. The summed E-state index contributed by atoms with van der Waals surface area (Å²) in [5, 5.41) is 0. The first-order valence-corrected chi connectivity index (χ1v) is 8.62. The molecule has 0 heterocycles. The maximum Gasteiger partial charge on any atom is 0.338 e. The smallest absolute Gasteiger partial charge is 0.338 e. The van der Waals surface area contributed by atoms with E-state index in [9.17, 15) is 18.0 Å². The van der Waals surface area contributed by atoms with Crippen LogP contribution in [0.3, 0.4) is 0 Å². The van der Waals surface area contributed by atoms with Crippen molar-refractivity contribution in [2.75, 3.05) is 13.7 Å². The first-order valence-electron chi connectivity index (χ1n) is 7.14. The van der Waals surface area contributed by atoms with Gasteiger partial charge in [0.1, 0.15) is 0 Å². The highest BCUT2D eigenvalue weighted by atomic mass is 32.2. The highest BCUT2D eigenvalue weighted by Gasteiger charge is 2.16. The fourth-order valence-electron chi connectivity index (χ4n) is 1.95. The normalized spacial score (nSPS) is 11.1. The van der Waals surface area contributed by atoms with E-state index in [0.29, 0.717) is 5.56 Å². The lowest BCUT2D eigenvalue weighted by molar-refractivity contribution is 0.0474.